The van der Waals surface area contributed by atoms with E-state index in [4.69, 9.17) is 0 Å². The van der Waals surface area contributed by atoms with Crippen LogP contribution in [0.1, 0.15) is 39.7 Å². The van der Waals surface area contributed by atoms with Crippen molar-refractivity contribution in [1.29, 1.82) is 0 Å². The van der Waals surface area contributed by atoms with Gasteiger partial charge >= 0.3 is 6.18 Å². The van der Waals surface area contributed by atoms with Crippen molar-refractivity contribution in [2.45, 2.75) is 39.6 Å². The molecule has 216 valence electrons. The number of aliphatic hydroxyl groups is 1. The molecule has 0 fully saturated rings. The Labute approximate surface area is 235 Å². The van der Waals surface area contributed by atoms with Crippen LogP contribution in [0.5, 0.6) is 0 Å². The monoisotopic (exact) mass is 568 g/mol. The zero-order valence-corrected chi connectivity index (χ0v) is 23.0. The molecule has 4 rings (SSSR count). The number of rotatable bonds is 10. The Morgan fingerprint density at radius 2 is 1.85 bits per heavy atom. The van der Waals surface area contributed by atoms with E-state index in [9.17, 15) is 23.1 Å². The molecule has 2 aromatic carbocycles. The van der Waals surface area contributed by atoms with E-state index in [1.807, 2.05) is 19.9 Å². The van der Waals surface area contributed by atoms with E-state index in [0.29, 0.717) is 28.8 Å². The van der Waals surface area contributed by atoms with Crippen molar-refractivity contribution in [2.24, 2.45) is 0 Å². The molecule has 0 radical (unpaired) electrons. The van der Waals surface area contributed by atoms with Crippen molar-refractivity contribution in [3.05, 3.63) is 82.8 Å². The molecule has 0 saturated heterocycles. The number of nitrogens with one attached hydrogen (secondary N) is 4. The number of carbonyl (C=O) groups excluding carboxylic acids is 1. The fourth-order valence-corrected chi connectivity index (χ4v) is 4.05. The summed E-state index contributed by atoms with van der Waals surface area (Å²) < 4.78 is 42.3. The van der Waals surface area contributed by atoms with E-state index in [-0.39, 0.29) is 24.2 Å². The Hall–Kier alpha value is -4.49. The molecule has 0 aliphatic rings. The zero-order chi connectivity index (χ0) is 29.7. The van der Waals surface area contributed by atoms with E-state index in [1.54, 1.807) is 42.9 Å². The molecule has 1 amide bonds. The van der Waals surface area contributed by atoms with Gasteiger partial charge in [-0.25, -0.2) is 9.97 Å². The van der Waals surface area contributed by atoms with Gasteiger partial charge in [0.15, 0.2) is 5.82 Å². The maximum absolute atomic E-state index is 13.6. The third-order valence-corrected chi connectivity index (χ3v) is 6.07. The first-order valence-electron chi connectivity index (χ1n) is 12.8. The molecule has 2 heterocycles. The third-order valence-electron chi connectivity index (χ3n) is 6.07. The highest BCUT2D eigenvalue weighted by Gasteiger charge is 2.31. The minimum absolute atomic E-state index is 0.0585. The Balaban J connectivity index is 1.58. The molecule has 1 atom stereocenters. The second-order valence-corrected chi connectivity index (χ2v) is 9.60. The highest BCUT2D eigenvalue weighted by atomic mass is 19.4. The van der Waals surface area contributed by atoms with Crippen LogP contribution in [0.25, 0.3) is 5.82 Å². The summed E-state index contributed by atoms with van der Waals surface area (Å²) in [6.45, 7) is 5.54. The molecule has 0 aliphatic carbocycles. The number of aromatic nitrogens is 4. The average Bonchev–Trinajstić information content (AvgIpc) is 3.29. The average molecular weight is 569 g/mol. The molecule has 13 heteroatoms. The van der Waals surface area contributed by atoms with Gasteiger partial charge in [0.1, 0.15) is 18.0 Å². The predicted molar refractivity (Wildman–Crippen MR) is 151 cm³/mol. The molecule has 41 heavy (non-hydrogen) atoms. The molecule has 0 spiro atoms. The summed E-state index contributed by atoms with van der Waals surface area (Å²) in [6, 6.07) is 11.9. The maximum Gasteiger partial charge on any atom is 0.416 e. The van der Waals surface area contributed by atoms with Crippen LogP contribution >= 0.6 is 0 Å². The van der Waals surface area contributed by atoms with E-state index < -0.39 is 23.8 Å². The smallest absolute Gasteiger partial charge is 0.392 e. The molecule has 0 saturated carbocycles. The van der Waals surface area contributed by atoms with Crippen LogP contribution in [0.15, 0.2) is 54.9 Å². The number of hydrogen-bond acceptors (Lipinski definition) is 8. The summed E-state index contributed by atoms with van der Waals surface area (Å²) >= 11 is 0. The lowest BCUT2D eigenvalue weighted by Crippen LogP contribution is -2.24. The quantitative estimate of drug-likeness (QED) is 0.184. The second kappa shape index (κ2) is 12.4. The van der Waals surface area contributed by atoms with Crippen molar-refractivity contribution in [3.8, 4) is 5.82 Å². The van der Waals surface area contributed by atoms with Gasteiger partial charge in [0.25, 0.3) is 5.91 Å². The Bertz CT molecular complexity index is 1540. The van der Waals surface area contributed by atoms with E-state index >= 15 is 0 Å². The minimum Gasteiger partial charge on any atom is -0.392 e. The second-order valence-electron chi connectivity index (χ2n) is 9.60. The molecule has 0 unspecified atom stereocenters. The zero-order valence-electron chi connectivity index (χ0n) is 23.0. The van der Waals surface area contributed by atoms with Crippen LogP contribution in [-0.4, -0.2) is 50.5 Å². The molecule has 0 bridgehead atoms. The van der Waals surface area contributed by atoms with Crippen molar-refractivity contribution in [1.82, 2.24) is 25.1 Å². The lowest BCUT2D eigenvalue weighted by molar-refractivity contribution is -0.137. The summed E-state index contributed by atoms with van der Waals surface area (Å²) in [6.07, 6.45) is -3.87. The van der Waals surface area contributed by atoms with Crippen LogP contribution in [0.4, 0.5) is 36.2 Å². The summed E-state index contributed by atoms with van der Waals surface area (Å²) in [5.74, 6) is 1.07. The predicted octanol–water partition coefficient (Wildman–Crippen LogP) is 4.81. The number of carbonyl (C=O) groups is 1. The van der Waals surface area contributed by atoms with Gasteiger partial charge in [0.2, 0.25) is 0 Å². The number of halogens is 3. The van der Waals surface area contributed by atoms with Crippen LogP contribution in [0.2, 0.25) is 0 Å². The van der Waals surface area contributed by atoms with Gasteiger partial charge in [-0.3, -0.25) is 4.79 Å². The number of alkyl halides is 3. The first-order chi connectivity index (χ1) is 19.4. The van der Waals surface area contributed by atoms with Gasteiger partial charge in [-0.1, -0.05) is 6.07 Å². The molecule has 0 aliphatic heterocycles. The number of amides is 1. The fraction of sp³-hybridized carbons (Fsp3) is 0.286. The fourth-order valence-electron chi connectivity index (χ4n) is 4.05. The molecular weight excluding hydrogens is 537 g/mol. The number of anilines is 4. The number of benzene rings is 2. The van der Waals surface area contributed by atoms with Gasteiger partial charge in [-0.15, -0.1) is 0 Å². The molecule has 2 aromatic heterocycles. The number of hydrogen-bond donors (Lipinski definition) is 5. The Kier molecular flexibility index (Phi) is 8.89. The standard InChI is InChI=1S/C28H31F3N8O2/c1-16-5-6-22(11-23(16)37-26-7-17(2)38-39(26)25-12-24(32-4)34-15-35-25)36-27(41)20-8-19(14-33-13-18(3)40)9-21(10-20)28(29,30)31/h5-12,15,18,33,37,40H,13-14H2,1-4H3,(H,36,41)(H,32,34,35)/t18-/m0/s1. The van der Waals surface area contributed by atoms with Crippen LogP contribution in [0, 0.1) is 13.8 Å². The number of aryl methyl sites for hydroxylation is 2. The van der Waals surface area contributed by atoms with Crippen LogP contribution in [0.3, 0.4) is 0 Å². The first-order valence-corrected chi connectivity index (χ1v) is 12.8. The summed E-state index contributed by atoms with van der Waals surface area (Å²) in [5.41, 5.74) is 1.84. The topological polar surface area (TPSA) is 129 Å². The lowest BCUT2D eigenvalue weighted by atomic mass is 10.0. The minimum atomic E-state index is -4.63. The third kappa shape index (κ3) is 7.58. The number of aliphatic hydroxyl groups excluding tert-OH is 1. The first kappa shape index (κ1) is 29.5. The molecule has 5 N–H and O–H groups in total. The molecule has 4 aromatic rings. The normalized spacial score (nSPS) is 12.2. The lowest BCUT2D eigenvalue weighted by Gasteiger charge is -2.15. The van der Waals surface area contributed by atoms with E-state index in [0.717, 1.165) is 23.4 Å². The van der Waals surface area contributed by atoms with E-state index in [1.165, 1.54) is 12.4 Å². The van der Waals surface area contributed by atoms with Gasteiger partial charge in [-0.2, -0.15) is 23.0 Å². The molecular formula is C28H31F3N8O2. The van der Waals surface area contributed by atoms with Gasteiger partial charge < -0.3 is 26.4 Å². The summed E-state index contributed by atoms with van der Waals surface area (Å²) in [5, 5.41) is 25.8. The van der Waals surface area contributed by atoms with Crippen molar-refractivity contribution in [3.63, 3.8) is 0 Å². The Morgan fingerprint density at radius 1 is 1.07 bits per heavy atom. The van der Waals surface area contributed by atoms with Gasteiger partial charge in [0, 0.05) is 49.2 Å². The van der Waals surface area contributed by atoms with E-state index in [2.05, 4.69) is 36.3 Å². The SMILES string of the molecule is CNc1cc(-n2nc(C)cc2Nc2cc(NC(=O)c3cc(CNC[C@H](C)O)cc(C(F)(F)F)c3)ccc2C)ncn1. The largest absolute Gasteiger partial charge is 0.416 e. The van der Waals surface area contributed by atoms with Crippen molar-refractivity contribution in [2.75, 3.05) is 29.5 Å². The van der Waals surface area contributed by atoms with Crippen molar-refractivity contribution >= 4 is 28.9 Å². The van der Waals surface area contributed by atoms with Gasteiger partial charge in [-0.05, 0) is 62.2 Å². The summed E-state index contributed by atoms with van der Waals surface area (Å²) in [4.78, 5) is 21.5. The van der Waals surface area contributed by atoms with Crippen LogP contribution in [-0.2, 0) is 12.7 Å². The molecule has 10 nitrogen and oxygen atoms in total. The maximum atomic E-state index is 13.6. The highest BCUT2D eigenvalue weighted by Crippen LogP contribution is 2.31. The highest BCUT2D eigenvalue weighted by molar-refractivity contribution is 6.04. The van der Waals surface area contributed by atoms with Crippen LogP contribution < -0.4 is 21.3 Å². The number of nitrogens with zero attached hydrogens (tertiary/aromatic N) is 4. The van der Waals surface area contributed by atoms with Crippen molar-refractivity contribution < 1.29 is 23.1 Å². The van der Waals surface area contributed by atoms with Gasteiger partial charge in [0.05, 0.1) is 17.4 Å². The Morgan fingerprint density at radius 3 is 2.56 bits per heavy atom. The summed E-state index contributed by atoms with van der Waals surface area (Å²) in [7, 11) is 1.75.